The summed E-state index contributed by atoms with van der Waals surface area (Å²) in [5, 5.41) is 8.98. The quantitative estimate of drug-likeness (QED) is 0.881. The molecule has 0 amide bonds. The highest BCUT2D eigenvalue weighted by atomic mass is 35.5. The second-order valence-corrected chi connectivity index (χ2v) is 6.27. The number of aromatic amines is 1. The van der Waals surface area contributed by atoms with Gasteiger partial charge in [-0.1, -0.05) is 11.6 Å². The van der Waals surface area contributed by atoms with E-state index < -0.39 is 27.3 Å². The van der Waals surface area contributed by atoms with E-state index in [0.29, 0.717) is 16.1 Å². The summed E-state index contributed by atoms with van der Waals surface area (Å²) in [5.41, 5.74) is 1.20. The number of H-pyrrole nitrogens is 1. The first-order valence-electron chi connectivity index (χ1n) is 4.92. The standard InChI is InChI=1S/C10H9ClN2O4S/c11-6-1-2-7-8(3-6)13-9(12-7)4-18(16,17)5-10(14)15/h1-3H,4-5H2,(H,12,13)(H,14,15). The second kappa shape index (κ2) is 4.58. The molecule has 0 radical (unpaired) electrons. The minimum Gasteiger partial charge on any atom is -0.480 e. The van der Waals surface area contributed by atoms with Crippen molar-refractivity contribution >= 4 is 38.4 Å². The van der Waals surface area contributed by atoms with Crippen molar-refractivity contribution in [3.8, 4) is 0 Å². The van der Waals surface area contributed by atoms with E-state index in [2.05, 4.69) is 9.97 Å². The van der Waals surface area contributed by atoms with Crippen LogP contribution in [0.15, 0.2) is 18.2 Å². The van der Waals surface area contributed by atoms with Crippen molar-refractivity contribution in [3.05, 3.63) is 29.0 Å². The first-order valence-corrected chi connectivity index (χ1v) is 7.12. The van der Waals surface area contributed by atoms with Gasteiger partial charge in [-0.3, -0.25) is 4.79 Å². The summed E-state index contributed by atoms with van der Waals surface area (Å²) in [6.07, 6.45) is 0. The maximum Gasteiger partial charge on any atom is 0.318 e. The minimum absolute atomic E-state index is 0.202. The van der Waals surface area contributed by atoms with Gasteiger partial charge in [0.1, 0.15) is 17.3 Å². The summed E-state index contributed by atoms with van der Waals surface area (Å²) in [6, 6.07) is 4.92. The number of carbonyl (C=O) groups is 1. The molecule has 2 rings (SSSR count). The van der Waals surface area contributed by atoms with Gasteiger partial charge in [0.25, 0.3) is 0 Å². The Kier molecular flexibility index (Phi) is 3.27. The van der Waals surface area contributed by atoms with E-state index in [1.165, 1.54) is 0 Å². The van der Waals surface area contributed by atoms with Gasteiger partial charge in [-0.2, -0.15) is 0 Å². The molecule has 18 heavy (non-hydrogen) atoms. The lowest BCUT2D eigenvalue weighted by Crippen LogP contribution is -2.17. The van der Waals surface area contributed by atoms with Gasteiger partial charge >= 0.3 is 5.97 Å². The zero-order valence-corrected chi connectivity index (χ0v) is 10.6. The molecule has 0 bridgehead atoms. The summed E-state index contributed by atoms with van der Waals surface area (Å²) >= 11 is 5.79. The Labute approximate surface area is 108 Å². The molecule has 6 nitrogen and oxygen atoms in total. The molecule has 0 unspecified atom stereocenters. The van der Waals surface area contributed by atoms with Crippen LogP contribution < -0.4 is 0 Å². The smallest absolute Gasteiger partial charge is 0.318 e. The van der Waals surface area contributed by atoms with Crippen molar-refractivity contribution in [1.82, 2.24) is 9.97 Å². The van der Waals surface area contributed by atoms with Gasteiger partial charge in [0, 0.05) is 5.02 Å². The van der Waals surface area contributed by atoms with Crippen molar-refractivity contribution in [3.63, 3.8) is 0 Å². The van der Waals surface area contributed by atoms with Gasteiger partial charge in [0.05, 0.1) is 11.0 Å². The van der Waals surface area contributed by atoms with E-state index in [9.17, 15) is 13.2 Å². The van der Waals surface area contributed by atoms with E-state index in [4.69, 9.17) is 16.7 Å². The molecular formula is C10H9ClN2O4S. The molecule has 0 saturated carbocycles. The number of aromatic nitrogens is 2. The minimum atomic E-state index is -3.72. The van der Waals surface area contributed by atoms with Crippen molar-refractivity contribution in [1.29, 1.82) is 0 Å². The summed E-state index contributed by atoms with van der Waals surface area (Å²) in [5.74, 6) is -2.53. The van der Waals surface area contributed by atoms with Gasteiger partial charge in [0.15, 0.2) is 9.84 Å². The topological polar surface area (TPSA) is 100 Å². The molecule has 0 spiro atoms. The fourth-order valence-electron chi connectivity index (χ4n) is 1.55. The summed E-state index contributed by atoms with van der Waals surface area (Å²) in [6.45, 7) is 0. The SMILES string of the molecule is O=C(O)CS(=O)(=O)Cc1nc2ccc(Cl)cc2[nH]1. The number of aliphatic carboxylic acids is 1. The lowest BCUT2D eigenvalue weighted by atomic mass is 10.3. The Balaban J connectivity index is 2.30. The highest BCUT2D eigenvalue weighted by Gasteiger charge is 2.18. The van der Waals surface area contributed by atoms with E-state index in [0.717, 1.165) is 0 Å². The van der Waals surface area contributed by atoms with Gasteiger partial charge in [-0.05, 0) is 18.2 Å². The van der Waals surface area contributed by atoms with Crippen LogP contribution in [0.1, 0.15) is 5.82 Å². The highest BCUT2D eigenvalue weighted by molar-refractivity contribution is 7.91. The maximum atomic E-state index is 11.5. The van der Waals surface area contributed by atoms with Gasteiger partial charge < -0.3 is 10.1 Å². The summed E-state index contributed by atoms with van der Waals surface area (Å²) in [4.78, 5) is 17.3. The number of rotatable bonds is 4. The molecule has 0 aliphatic rings. The van der Waals surface area contributed by atoms with Gasteiger partial charge in [-0.15, -0.1) is 0 Å². The number of hydrogen-bond donors (Lipinski definition) is 2. The predicted octanol–water partition coefficient (Wildman–Crippen LogP) is 1.22. The number of sulfone groups is 1. The number of nitrogens with one attached hydrogen (secondary N) is 1. The summed E-state index contributed by atoms with van der Waals surface area (Å²) in [7, 11) is -3.72. The number of nitrogens with zero attached hydrogens (tertiary/aromatic N) is 1. The van der Waals surface area contributed by atoms with E-state index in [1.54, 1.807) is 18.2 Å². The van der Waals surface area contributed by atoms with Crippen LogP contribution in [-0.2, 0) is 20.4 Å². The van der Waals surface area contributed by atoms with Crippen LogP contribution >= 0.6 is 11.6 Å². The molecule has 96 valence electrons. The normalized spacial score (nSPS) is 11.8. The fraction of sp³-hybridized carbons (Fsp3) is 0.200. The third-order valence-electron chi connectivity index (χ3n) is 2.19. The lowest BCUT2D eigenvalue weighted by molar-refractivity contribution is -0.134. The maximum absolute atomic E-state index is 11.5. The van der Waals surface area contributed by atoms with E-state index >= 15 is 0 Å². The largest absolute Gasteiger partial charge is 0.480 e. The first-order chi connectivity index (χ1) is 8.35. The molecule has 2 N–H and O–H groups in total. The van der Waals surface area contributed by atoms with Crippen LogP contribution in [0.4, 0.5) is 0 Å². The van der Waals surface area contributed by atoms with Crippen molar-refractivity contribution in [2.45, 2.75) is 5.75 Å². The predicted molar refractivity (Wildman–Crippen MR) is 66.2 cm³/mol. The molecule has 1 aromatic heterocycles. The highest BCUT2D eigenvalue weighted by Crippen LogP contribution is 2.18. The average molecular weight is 289 g/mol. The number of carboxylic acids is 1. The number of halogens is 1. The number of benzene rings is 1. The third-order valence-corrected chi connectivity index (χ3v) is 3.83. The number of carboxylic acid groups (broad SMARTS) is 1. The second-order valence-electron chi connectivity index (χ2n) is 3.77. The number of fused-ring (bicyclic) bond motifs is 1. The molecular weight excluding hydrogens is 280 g/mol. The van der Waals surface area contributed by atoms with E-state index in [1.807, 2.05) is 0 Å². The lowest BCUT2D eigenvalue weighted by Gasteiger charge is -1.97. The third kappa shape index (κ3) is 2.99. The zero-order valence-electron chi connectivity index (χ0n) is 9.05. The molecule has 0 atom stereocenters. The van der Waals surface area contributed by atoms with Gasteiger partial charge in [0.2, 0.25) is 0 Å². The Hall–Kier alpha value is -1.60. The van der Waals surface area contributed by atoms with Crippen LogP contribution in [0.3, 0.4) is 0 Å². The van der Waals surface area contributed by atoms with Crippen LogP contribution in [-0.4, -0.2) is 35.2 Å². The summed E-state index contributed by atoms with van der Waals surface area (Å²) < 4.78 is 23.0. The first kappa shape index (κ1) is 12.8. The Bertz CT molecular complexity index is 708. The number of hydrogen-bond acceptors (Lipinski definition) is 4. The van der Waals surface area contributed by atoms with Crippen LogP contribution in [0.25, 0.3) is 11.0 Å². The van der Waals surface area contributed by atoms with Crippen LogP contribution in [0.2, 0.25) is 5.02 Å². The Morgan fingerprint density at radius 1 is 1.44 bits per heavy atom. The molecule has 0 aliphatic carbocycles. The van der Waals surface area contributed by atoms with Crippen molar-refractivity contribution in [2.24, 2.45) is 0 Å². The van der Waals surface area contributed by atoms with Crippen LogP contribution in [0, 0.1) is 0 Å². The molecule has 8 heteroatoms. The van der Waals surface area contributed by atoms with Crippen molar-refractivity contribution < 1.29 is 18.3 Å². The zero-order chi connectivity index (χ0) is 13.3. The van der Waals surface area contributed by atoms with Crippen LogP contribution in [0.5, 0.6) is 0 Å². The molecule has 1 aromatic carbocycles. The average Bonchev–Trinajstić information content (AvgIpc) is 2.55. The fourth-order valence-corrected chi connectivity index (χ4v) is 2.75. The van der Waals surface area contributed by atoms with Gasteiger partial charge in [-0.25, -0.2) is 13.4 Å². The Morgan fingerprint density at radius 2 is 2.17 bits per heavy atom. The Morgan fingerprint density at radius 3 is 2.83 bits per heavy atom. The molecule has 0 fully saturated rings. The van der Waals surface area contributed by atoms with Crippen molar-refractivity contribution in [2.75, 3.05) is 5.75 Å². The molecule has 1 heterocycles. The molecule has 0 aliphatic heterocycles. The molecule has 0 saturated heterocycles. The van der Waals surface area contributed by atoms with E-state index in [-0.39, 0.29) is 5.82 Å². The number of imidazole rings is 1. The molecule has 2 aromatic rings. The monoisotopic (exact) mass is 288 g/mol.